The van der Waals surface area contributed by atoms with Gasteiger partial charge in [-0.15, -0.1) is 0 Å². The smallest absolute Gasteiger partial charge is 0.181 e. The van der Waals surface area contributed by atoms with Gasteiger partial charge in [-0.25, -0.2) is 9.68 Å². The number of nitrogens with zero attached hydrogens (tertiary/aromatic N) is 1. The molecule has 2 aliphatic rings. The van der Waals surface area contributed by atoms with Crippen molar-refractivity contribution < 1.29 is 19.1 Å². The molecular weight excluding hydrogens is 174 g/mol. The average molecular weight is 189 g/mol. The van der Waals surface area contributed by atoms with Crippen molar-refractivity contribution in [3.8, 4) is 0 Å². The van der Waals surface area contributed by atoms with Crippen molar-refractivity contribution in [1.82, 2.24) is 5.23 Å². The van der Waals surface area contributed by atoms with Gasteiger partial charge in [0.15, 0.2) is 12.6 Å². The molecule has 13 heavy (non-hydrogen) atoms. The second-order valence-electron chi connectivity index (χ2n) is 3.29. The fraction of sp³-hybridized carbons (Fsp3) is 1.00. The van der Waals surface area contributed by atoms with Gasteiger partial charge in [0.2, 0.25) is 0 Å². The highest BCUT2D eigenvalue weighted by molar-refractivity contribution is 4.73. The summed E-state index contributed by atoms with van der Waals surface area (Å²) in [5.74, 6) is 0. The van der Waals surface area contributed by atoms with Gasteiger partial charge in [-0.3, -0.25) is 0 Å². The highest BCUT2D eigenvalue weighted by Gasteiger charge is 2.39. The molecule has 5 heteroatoms. The Bertz CT molecular complexity index is 176. The molecule has 2 heterocycles. The quantitative estimate of drug-likeness (QED) is 0.638. The van der Waals surface area contributed by atoms with E-state index in [-0.39, 0.29) is 12.6 Å². The zero-order chi connectivity index (χ0) is 9.26. The molecule has 5 nitrogen and oxygen atoms in total. The minimum absolute atomic E-state index is 0.166. The van der Waals surface area contributed by atoms with E-state index in [0.29, 0.717) is 6.04 Å². The summed E-state index contributed by atoms with van der Waals surface area (Å²) in [5, 5.41) is 1.52. The lowest BCUT2D eigenvalue weighted by molar-refractivity contribution is -0.445. The van der Waals surface area contributed by atoms with E-state index in [4.69, 9.17) is 19.1 Å². The summed E-state index contributed by atoms with van der Waals surface area (Å²) in [5.41, 5.74) is 0. The summed E-state index contributed by atoms with van der Waals surface area (Å²) in [6.45, 7) is 0. The maximum absolute atomic E-state index is 5.40. The molecule has 0 amide bonds. The van der Waals surface area contributed by atoms with Crippen LogP contribution in [0.15, 0.2) is 0 Å². The second-order valence-corrected chi connectivity index (χ2v) is 3.29. The van der Waals surface area contributed by atoms with E-state index in [2.05, 4.69) is 0 Å². The molecule has 0 unspecified atom stereocenters. The van der Waals surface area contributed by atoms with Crippen LogP contribution in [-0.2, 0) is 19.1 Å². The summed E-state index contributed by atoms with van der Waals surface area (Å²) >= 11 is 0. The van der Waals surface area contributed by atoms with Crippen molar-refractivity contribution in [2.75, 3.05) is 14.2 Å². The Morgan fingerprint density at radius 2 is 1.77 bits per heavy atom. The van der Waals surface area contributed by atoms with Crippen molar-refractivity contribution >= 4 is 0 Å². The lowest BCUT2D eigenvalue weighted by atomic mass is 10.1. The summed E-state index contributed by atoms with van der Waals surface area (Å²) < 4.78 is 10.2. The Morgan fingerprint density at radius 1 is 1.08 bits per heavy atom. The minimum atomic E-state index is -0.174. The maximum atomic E-state index is 5.40. The lowest BCUT2D eigenvalue weighted by Gasteiger charge is -2.31. The van der Waals surface area contributed by atoms with E-state index in [1.807, 2.05) is 0 Å². The Hall–Kier alpha value is -0.200. The summed E-state index contributed by atoms with van der Waals surface area (Å²) in [6.07, 6.45) is 2.47. The monoisotopic (exact) mass is 189 g/mol. The topological polar surface area (TPSA) is 40.2 Å². The number of hydrogen-bond donors (Lipinski definition) is 0. The van der Waals surface area contributed by atoms with Gasteiger partial charge in [-0.05, 0) is 6.42 Å². The number of fused-ring (bicyclic) bond motifs is 1. The molecule has 76 valence electrons. The van der Waals surface area contributed by atoms with Crippen LogP contribution in [0.25, 0.3) is 0 Å². The molecule has 2 rings (SSSR count). The molecule has 0 bridgehead atoms. The van der Waals surface area contributed by atoms with Gasteiger partial charge in [-0.2, -0.15) is 0 Å². The minimum Gasteiger partial charge on any atom is -0.354 e. The van der Waals surface area contributed by atoms with Crippen LogP contribution in [0.1, 0.15) is 19.3 Å². The first-order chi connectivity index (χ1) is 6.33. The number of ether oxygens (including phenoxy) is 2. The number of rotatable bonds is 2. The van der Waals surface area contributed by atoms with Crippen molar-refractivity contribution in [2.45, 2.75) is 37.9 Å². The number of hydrogen-bond acceptors (Lipinski definition) is 5. The standard InChI is InChI=1S/C8H15NO4/c1-10-7-4-3-6-5-8(11-2)13-9(6)12-7/h6-8H,3-5H2,1-2H3/t6-,7-,8-/m0/s1. The molecule has 0 radical (unpaired) electrons. The molecule has 0 aliphatic carbocycles. The molecular formula is C8H15NO4. The Balaban J connectivity index is 1.90. The summed E-state index contributed by atoms with van der Waals surface area (Å²) in [7, 11) is 3.27. The van der Waals surface area contributed by atoms with Crippen LogP contribution in [0.5, 0.6) is 0 Å². The molecule has 2 fully saturated rings. The highest BCUT2D eigenvalue weighted by atomic mass is 17.0. The molecule has 0 N–H and O–H groups in total. The van der Waals surface area contributed by atoms with E-state index in [0.717, 1.165) is 19.3 Å². The third-order valence-corrected chi connectivity index (χ3v) is 2.47. The van der Waals surface area contributed by atoms with E-state index in [1.54, 1.807) is 14.2 Å². The third kappa shape index (κ3) is 1.84. The first-order valence-corrected chi connectivity index (χ1v) is 4.52. The van der Waals surface area contributed by atoms with Gasteiger partial charge < -0.3 is 9.47 Å². The van der Waals surface area contributed by atoms with E-state index in [9.17, 15) is 0 Å². The fourth-order valence-electron chi connectivity index (χ4n) is 1.68. The second kappa shape index (κ2) is 3.89. The Labute approximate surface area is 77.4 Å². The third-order valence-electron chi connectivity index (χ3n) is 2.47. The van der Waals surface area contributed by atoms with Crippen molar-refractivity contribution in [3.05, 3.63) is 0 Å². The first-order valence-electron chi connectivity index (χ1n) is 4.52. The van der Waals surface area contributed by atoms with E-state index < -0.39 is 0 Å². The maximum Gasteiger partial charge on any atom is 0.181 e. The van der Waals surface area contributed by atoms with Crippen molar-refractivity contribution in [2.24, 2.45) is 0 Å². The summed E-state index contributed by atoms with van der Waals surface area (Å²) in [6, 6.07) is 0.316. The Morgan fingerprint density at radius 3 is 2.46 bits per heavy atom. The van der Waals surface area contributed by atoms with Crippen LogP contribution in [0.3, 0.4) is 0 Å². The van der Waals surface area contributed by atoms with Gasteiger partial charge >= 0.3 is 0 Å². The zero-order valence-electron chi connectivity index (χ0n) is 7.93. The van der Waals surface area contributed by atoms with Crippen LogP contribution < -0.4 is 0 Å². The first kappa shape index (κ1) is 9.36. The van der Waals surface area contributed by atoms with Gasteiger partial charge in [0.05, 0.1) is 6.04 Å². The molecule has 0 aromatic carbocycles. The lowest BCUT2D eigenvalue weighted by Crippen LogP contribution is -2.39. The molecule has 0 aromatic heterocycles. The normalized spacial score (nSPS) is 40.6. The largest absolute Gasteiger partial charge is 0.354 e. The van der Waals surface area contributed by atoms with Crippen LogP contribution in [0.4, 0.5) is 0 Å². The zero-order valence-corrected chi connectivity index (χ0v) is 7.93. The van der Waals surface area contributed by atoms with Gasteiger partial charge in [0, 0.05) is 27.1 Å². The SMILES string of the molecule is CO[C@@H]1CC[C@H]2C[C@@H](OC)ON2O1. The predicted octanol–water partition coefficient (Wildman–Crippen LogP) is 0.663. The average Bonchev–Trinajstić information content (AvgIpc) is 2.58. The van der Waals surface area contributed by atoms with Crippen LogP contribution in [-0.4, -0.2) is 38.1 Å². The van der Waals surface area contributed by atoms with Crippen LogP contribution in [0, 0.1) is 0 Å². The molecule has 3 atom stereocenters. The van der Waals surface area contributed by atoms with Gasteiger partial charge in [-0.1, -0.05) is 5.23 Å². The van der Waals surface area contributed by atoms with Crippen LogP contribution in [0.2, 0.25) is 0 Å². The molecule has 0 spiro atoms. The van der Waals surface area contributed by atoms with E-state index >= 15 is 0 Å². The predicted molar refractivity (Wildman–Crippen MR) is 43.2 cm³/mol. The van der Waals surface area contributed by atoms with Gasteiger partial charge in [0.25, 0.3) is 0 Å². The fourth-order valence-corrected chi connectivity index (χ4v) is 1.68. The Kier molecular flexibility index (Phi) is 2.80. The van der Waals surface area contributed by atoms with Crippen molar-refractivity contribution in [3.63, 3.8) is 0 Å². The number of methoxy groups -OCH3 is 2. The van der Waals surface area contributed by atoms with E-state index in [1.165, 1.54) is 5.23 Å². The molecule has 2 aliphatic heterocycles. The highest BCUT2D eigenvalue weighted by Crippen LogP contribution is 2.31. The van der Waals surface area contributed by atoms with Crippen LogP contribution >= 0.6 is 0 Å². The van der Waals surface area contributed by atoms with Gasteiger partial charge in [0.1, 0.15) is 0 Å². The molecule has 0 aromatic rings. The molecule has 0 saturated carbocycles. The summed E-state index contributed by atoms with van der Waals surface area (Å²) in [4.78, 5) is 10.8. The number of hydroxylamine groups is 2. The molecule has 2 saturated heterocycles. The van der Waals surface area contributed by atoms with Crippen molar-refractivity contribution in [1.29, 1.82) is 0 Å².